The van der Waals surface area contributed by atoms with Gasteiger partial charge >= 0.3 is 0 Å². The highest BCUT2D eigenvalue weighted by molar-refractivity contribution is 5.84. The number of piperidine rings is 1. The van der Waals surface area contributed by atoms with Gasteiger partial charge in [0.2, 0.25) is 0 Å². The minimum Gasteiger partial charge on any atom is -0.313 e. The fourth-order valence-corrected chi connectivity index (χ4v) is 2.33. The lowest BCUT2D eigenvalue weighted by Crippen LogP contribution is -2.64. The van der Waals surface area contributed by atoms with Crippen LogP contribution in [0.4, 0.5) is 0 Å². The number of hydrogen-bond donors (Lipinski definition) is 1. The molecule has 1 saturated heterocycles. The molecule has 0 aromatic carbocycles. The standard InChI is InChI=1S/C11H21NO2/c1-6-11(5)8(2)9(13)7-10(3,4)12(11)14/h8,14H,6-7H2,1-5H3. The summed E-state index contributed by atoms with van der Waals surface area (Å²) in [6.45, 7) is 9.69. The van der Waals surface area contributed by atoms with Gasteiger partial charge in [-0.2, -0.15) is 5.06 Å². The van der Waals surface area contributed by atoms with Crippen molar-refractivity contribution in [3.63, 3.8) is 0 Å². The lowest BCUT2D eigenvalue weighted by Gasteiger charge is -2.52. The number of carbonyl (C=O) groups excluding carboxylic acids is 1. The molecular formula is C11H21NO2. The van der Waals surface area contributed by atoms with Crippen LogP contribution in [0, 0.1) is 5.92 Å². The van der Waals surface area contributed by atoms with E-state index in [1.165, 1.54) is 5.06 Å². The zero-order valence-electron chi connectivity index (χ0n) is 9.79. The predicted octanol–water partition coefficient (Wildman–Crippen LogP) is 2.23. The van der Waals surface area contributed by atoms with Gasteiger partial charge in [-0.25, -0.2) is 0 Å². The first kappa shape index (κ1) is 11.7. The van der Waals surface area contributed by atoms with Gasteiger partial charge in [-0.05, 0) is 27.2 Å². The second-order valence-electron chi connectivity index (χ2n) is 5.20. The van der Waals surface area contributed by atoms with E-state index in [1.807, 2.05) is 34.6 Å². The second-order valence-corrected chi connectivity index (χ2v) is 5.20. The van der Waals surface area contributed by atoms with Gasteiger partial charge in [0.25, 0.3) is 0 Å². The third-order valence-corrected chi connectivity index (χ3v) is 3.80. The fraction of sp³-hybridized carbons (Fsp3) is 0.909. The molecule has 82 valence electrons. The number of ketones is 1. The first-order valence-electron chi connectivity index (χ1n) is 5.27. The highest BCUT2D eigenvalue weighted by Crippen LogP contribution is 2.40. The molecule has 1 aliphatic rings. The summed E-state index contributed by atoms with van der Waals surface area (Å²) in [6, 6.07) is 0. The molecule has 0 aromatic heterocycles. The van der Waals surface area contributed by atoms with Gasteiger partial charge in [0, 0.05) is 17.9 Å². The van der Waals surface area contributed by atoms with E-state index in [1.54, 1.807) is 0 Å². The van der Waals surface area contributed by atoms with E-state index in [4.69, 9.17) is 0 Å². The van der Waals surface area contributed by atoms with Crippen molar-refractivity contribution in [1.29, 1.82) is 0 Å². The Morgan fingerprint density at radius 1 is 1.50 bits per heavy atom. The summed E-state index contributed by atoms with van der Waals surface area (Å²) in [5.41, 5.74) is -0.854. The lowest BCUT2D eigenvalue weighted by atomic mass is 9.72. The van der Waals surface area contributed by atoms with Crippen LogP contribution < -0.4 is 0 Å². The molecule has 1 heterocycles. The molecule has 1 aliphatic heterocycles. The quantitative estimate of drug-likeness (QED) is 0.704. The minimum absolute atomic E-state index is 0.0921. The Labute approximate surface area is 86.1 Å². The SMILES string of the molecule is CCC1(C)C(C)C(=O)CC(C)(C)N1O. The number of hydrogen-bond acceptors (Lipinski definition) is 3. The van der Waals surface area contributed by atoms with E-state index in [9.17, 15) is 10.0 Å². The average Bonchev–Trinajstić information content (AvgIpc) is 2.11. The third-order valence-electron chi connectivity index (χ3n) is 3.80. The molecule has 1 N–H and O–H groups in total. The normalized spacial score (nSPS) is 38.7. The molecule has 0 saturated carbocycles. The molecule has 1 rings (SSSR count). The van der Waals surface area contributed by atoms with Crippen LogP contribution in [0.5, 0.6) is 0 Å². The molecule has 0 radical (unpaired) electrons. The van der Waals surface area contributed by atoms with E-state index < -0.39 is 11.1 Å². The van der Waals surface area contributed by atoms with Crippen molar-refractivity contribution in [1.82, 2.24) is 5.06 Å². The van der Waals surface area contributed by atoms with Crippen LogP contribution in [0.2, 0.25) is 0 Å². The number of rotatable bonds is 1. The van der Waals surface area contributed by atoms with Crippen molar-refractivity contribution in [3.8, 4) is 0 Å². The molecule has 14 heavy (non-hydrogen) atoms. The average molecular weight is 199 g/mol. The van der Waals surface area contributed by atoms with Gasteiger partial charge in [-0.3, -0.25) is 4.79 Å². The number of carbonyl (C=O) groups is 1. The Morgan fingerprint density at radius 3 is 2.43 bits per heavy atom. The van der Waals surface area contributed by atoms with Gasteiger partial charge in [0.15, 0.2) is 0 Å². The van der Waals surface area contributed by atoms with Gasteiger partial charge in [-0.1, -0.05) is 13.8 Å². The van der Waals surface area contributed by atoms with E-state index in [-0.39, 0.29) is 11.7 Å². The predicted molar refractivity (Wildman–Crippen MR) is 55.2 cm³/mol. The molecule has 0 aromatic rings. The Bertz CT molecular complexity index is 250. The molecule has 0 amide bonds. The topological polar surface area (TPSA) is 40.5 Å². The maximum Gasteiger partial charge on any atom is 0.139 e. The van der Waals surface area contributed by atoms with Crippen LogP contribution in [0.25, 0.3) is 0 Å². The Morgan fingerprint density at radius 2 is 2.00 bits per heavy atom. The molecular weight excluding hydrogens is 178 g/mol. The molecule has 0 bridgehead atoms. The smallest absolute Gasteiger partial charge is 0.139 e. The molecule has 0 spiro atoms. The van der Waals surface area contributed by atoms with E-state index >= 15 is 0 Å². The summed E-state index contributed by atoms with van der Waals surface area (Å²) in [5, 5.41) is 11.5. The molecule has 1 fully saturated rings. The Kier molecular flexibility index (Phi) is 2.76. The zero-order chi connectivity index (χ0) is 11.1. The van der Waals surface area contributed by atoms with Crippen molar-refractivity contribution in [2.75, 3.05) is 0 Å². The first-order valence-corrected chi connectivity index (χ1v) is 5.27. The van der Waals surface area contributed by atoms with Crippen LogP contribution in [-0.2, 0) is 4.79 Å². The van der Waals surface area contributed by atoms with Crippen molar-refractivity contribution < 1.29 is 10.0 Å². The fourth-order valence-electron chi connectivity index (χ4n) is 2.33. The van der Waals surface area contributed by atoms with Gasteiger partial charge in [0.1, 0.15) is 5.78 Å². The van der Waals surface area contributed by atoms with Crippen molar-refractivity contribution in [3.05, 3.63) is 0 Å². The van der Waals surface area contributed by atoms with Crippen LogP contribution in [0.3, 0.4) is 0 Å². The Balaban J connectivity index is 3.08. The number of nitrogens with zero attached hydrogens (tertiary/aromatic N) is 1. The summed E-state index contributed by atoms with van der Waals surface area (Å²) in [7, 11) is 0. The summed E-state index contributed by atoms with van der Waals surface area (Å²) in [5.74, 6) is 0.162. The lowest BCUT2D eigenvalue weighted by molar-refractivity contribution is -0.255. The number of Topliss-reactive ketones (excluding diaryl/α,β-unsaturated/α-hetero) is 1. The van der Waals surface area contributed by atoms with E-state index in [2.05, 4.69) is 0 Å². The summed E-state index contributed by atoms with van der Waals surface area (Å²) >= 11 is 0. The summed E-state index contributed by atoms with van der Waals surface area (Å²) < 4.78 is 0. The second kappa shape index (κ2) is 3.31. The van der Waals surface area contributed by atoms with E-state index in [0.29, 0.717) is 6.42 Å². The Hall–Kier alpha value is -0.410. The first-order chi connectivity index (χ1) is 6.25. The highest BCUT2D eigenvalue weighted by atomic mass is 16.5. The molecule has 3 nitrogen and oxygen atoms in total. The maximum atomic E-state index is 11.8. The summed E-state index contributed by atoms with van der Waals surface area (Å²) in [6.07, 6.45) is 1.21. The molecule has 2 atom stereocenters. The molecule has 2 unspecified atom stereocenters. The van der Waals surface area contributed by atoms with Crippen LogP contribution in [0.1, 0.15) is 47.5 Å². The van der Waals surface area contributed by atoms with Crippen LogP contribution in [0.15, 0.2) is 0 Å². The van der Waals surface area contributed by atoms with Gasteiger partial charge < -0.3 is 5.21 Å². The molecule has 0 aliphatic carbocycles. The van der Waals surface area contributed by atoms with Gasteiger partial charge in [-0.15, -0.1) is 0 Å². The minimum atomic E-state index is -0.436. The maximum absolute atomic E-state index is 11.8. The van der Waals surface area contributed by atoms with Gasteiger partial charge in [0.05, 0.1) is 5.54 Å². The molecule has 3 heteroatoms. The highest BCUT2D eigenvalue weighted by Gasteiger charge is 2.50. The van der Waals surface area contributed by atoms with Crippen molar-refractivity contribution in [2.45, 2.75) is 58.5 Å². The van der Waals surface area contributed by atoms with Crippen molar-refractivity contribution in [2.24, 2.45) is 5.92 Å². The third kappa shape index (κ3) is 1.48. The number of hydroxylamine groups is 2. The monoisotopic (exact) mass is 199 g/mol. The zero-order valence-corrected chi connectivity index (χ0v) is 9.79. The van der Waals surface area contributed by atoms with Crippen molar-refractivity contribution >= 4 is 5.78 Å². The van der Waals surface area contributed by atoms with Crippen LogP contribution in [-0.4, -0.2) is 27.1 Å². The van der Waals surface area contributed by atoms with E-state index in [0.717, 1.165) is 6.42 Å². The largest absolute Gasteiger partial charge is 0.313 e. The van der Waals surface area contributed by atoms with Crippen LogP contribution >= 0.6 is 0 Å². The summed E-state index contributed by atoms with van der Waals surface area (Å²) in [4.78, 5) is 11.8.